The van der Waals surface area contributed by atoms with E-state index in [-0.39, 0.29) is 0 Å². The van der Waals surface area contributed by atoms with Gasteiger partial charge in [-0.25, -0.2) is 0 Å². The van der Waals surface area contributed by atoms with Crippen LogP contribution in [0.2, 0.25) is 5.02 Å². The lowest BCUT2D eigenvalue weighted by Gasteiger charge is -2.35. The summed E-state index contributed by atoms with van der Waals surface area (Å²) in [6.07, 6.45) is 0. The minimum atomic E-state index is 0.505. The van der Waals surface area contributed by atoms with E-state index in [2.05, 4.69) is 21.9 Å². The van der Waals surface area contributed by atoms with Gasteiger partial charge in [0.25, 0.3) is 0 Å². The zero-order chi connectivity index (χ0) is 13.8. The Hall–Kier alpha value is -1.44. The first kappa shape index (κ1) is 14.0. The zero-order valence-electron chi connectivity index (χ0n) is 11.3. The van der Waals surface area contributed by atoms with E-state index in [1.54, 1.807) is 7.11 Å². The van der Waals surface area contributed by atoms with Crippen molar-refractivity contribution in [3.8, 4) is 11.8 Å². The Morgan fingerprint density at radius 2 is 2.00 bits per heavy atom. The van der Waals surface area contributed by atoms with Gasteiger partial charge in [-0.05, 0) is 18.6 Å². The van der Waals surface area contributed by atoms with Crippen molar-refractivity contribution in [3.63, 3.8) is 0 Å². The molecule has 0 bridgehead atoms. The van der Waals surface area contributed by atoms with Gasteiger partial charge >= 0.3 is 0 Å². The molecular weight excluding hydrogens is 262 g/mol. The standard InChI is InChI=1S/C14H18ClN3O/c1-11-9-13(14(19-2)10-12(11)15)18-7-5-17(4-3-16)6-8-18/h9-10H,4-8H2,1-2H3. The number of aryl methyl sites for hydroxylation is 1. The van der Waals surface area contributed by atoms with Crippen molar-refractivity contribution < 1.29 is 4.74 Å². The molecule has 0 spiro atoms. The predicted molar refractivity (Wildman–Crippen MR) is 77.0 cm³/mol. The van der Waals surface area contributed by atoms with Crippen LogP contribution in [0.25, 0.3) is 0 Å². The summed E-state index contributed by atoms with van der Waals surface area (Å²) in [6, 6.07) is 6.14. The van der Waals surface area contributed by atoms with Crippen LogP contribution < -0.4 is 9.64 Å². The van der Waals surface area contributed by atoms with E-state index in [1.165, 1.54) is 0 Å². The van der Waals surface area contributed by atoms with Gasteiger partial charge in [-0.15, -0.1) is 0 Å². The number of anilines is 1. The van der Waals surface area contributed by atoms with E-state index in [0.717, 1.165) is 48.2 Å². The molecule has 1 fully saturated rings. The summed E-state index contributed by atoms with van der Waals surface area (Å²) in [6.45, 7) is 6.11. The summed E-state index contributed by atoms with van der Waals surface area (Å²) in [4.78, 5) is 4.45. The molecule has 102 valence electrons. The third-order valence-corrected chi connectivity index (χ3v) is 3.87. The van der Waals surface area contributed by atoms with Crippen LogP contribution in [0.1, 0.15) is 5.56 Å². The molecular formula is C14H18ClN3O. The fraction of sp³-hybridized carbons (Fsp3) is 0.500. The third kappa shape index (κ3) is 3.12. The Balaban J connectivity index is 2.15. The van der Waals surface area contributed by atoms with Crippen molar-refractivity contribution in [1.82, 2.24) is 4.90 Å². The number of hydrogen-bond acceptors (Lipinski definition) is 4. The SMILES string of the molecule is COc1cc(Cl)c(C)cc1N1CCN(CC#N)CC1. The summed E-state index contributed by atoms with van der Waals surface area (Å²) in [7, 11) is 1.66. The van der Waals surface area contributed by atoms with Crippen molar-refractivity contribution in [2.24, 2.45) is 0 Å². The monoisotopic (exact) mass is 279 g/mol. The van der Waals surface area contributed by atoms with Gasteiger partial charge in [-0.3, -0.25) is 4.90 Å². The molecule has 0 saturated carbocycles. The second-order valence-electron chi connectivity index (χ2n) is 4.69. The van der Waals surface area contributed by atoms with Crippen molar-refractivity contribution in [2.45, 2.75) is 6.92 Å². The third-order valence-electron chi connectivity index (χ3n) is 3.47. The van der Waals surface area contributed by atoms with E-state index < -0.39 is 0 Å². The smallest absolute Gasteiger partial charge is 0.143 e. The van der Waals surface area contributed by atoms with Gasteiger partial charge in [0, 0.05) is 37.3 Å². The normalized spacial score (nSPS) is 16.2. The van der Waals surface area contributed by atoms with Crippen LogP contribution in [0.15, 0.2) is 12.1 Å². The van der Waals surface area contributed by atoms with Gasteiger partial charge in [-0.2, -0.15) is 5.26 Å². The van der Waals surface area contributed by atoms with Crippen molar-refractivity contribution in [1.29, 1.82) is 5.26 Å². The molecule has 1 aromatic rings. The second kappa shape index (κ2) is 6.14. The molecule has 1 saturated heterocycles. The van der Waals surface area contributed by atoms with Crippen LogP contribution in [0.5, 0.6) is 5.75 Å². The number of ether oxygens (including phenoxy) is 1. The van der Waals surface area contributed by atoms with Crippen molar-refractivity contribution >= 4 is 17.3 Å². The molecule has 0 aliphatic carbocycles. The Kier molecular flexibility index (Phi) is 4.52. The number of piperazine rings is 1. The predicted octanol–water partition coefficient (Wildman–Crippen LogP) is 2.30. The number of rotatable bonds is 3. The minimum absolute atomic E-state index is 0.505. The molecule has 1 aliphatic heterocycles. The van der Waals surface area contributed by atoms with Crippen LogP contribution in [-0.2, 0) is 0 Å². The van der Waals surface area contributed by atoms with E-state index in [9.17, 15) is 0 Å². The van der Waals surface area contributed by atoms with Crippen LogP contribution in [0.4, 0.5) is 5.69 Å². The van der Waals surface area contributed by atoms with E-state index in [0.29, 0.717) is 6.54 Å². The van der Waals surface area contributed by atoms with Gasteiger partial charge in [0.15, 0.2) is 0 Å². The highest BCUT2D eigenvalue weighted by Crippen LogP contribution is 2.34. The summed E-state index contributed by atoms with van der Waals surface area (Å²) in [5.74, 6) is 0.810. The first-order valence-corrected chi connectivity index (χ1v) is 6.72. The van der Waals surface area contributed by atoms with Gasteiger partial charge in [0.1, 0.15) is 5.75 Å². The first-order valence-electron chi connectivity index (χ1n) is 6.34. The van der Waals surface area contributed by atoms with Crippen molar-refractivity contribution in [2.75, 3.05) is 44.7 Å². The molecule has 0 aromatic heterocycles. The number of nitrogens with zero attached hydrogens (tertiary/aromatic N) is 3. The second-order valence-corrected chi connectivity index (χ2v) is 5.10. The molecule has 4 nitrogen and oxygen atoms in total. The fourth-order valence-corrected chi connectivity index (χ4v) is 2.46. The molecule has 1 heterocycles. The first-order chi connectivity index (χ1) is 9.15. The molecule has 1 aromatic carbocycles. The van der Waals surface area contributed by atoms with Crippen molar-refractivity contribution in [3.05, 3.63) is 22.7 Å². The van der Waals surface area contributed by atoms with Gasteiger partial charge in [-0.1, -0.05) is 11.6 Å². The summed E-state index contributed by atoms with van der Waals surface area (Å²) >= 11 is 6.13. The minimum Gasteiger partial charge on any atom is -0.495 e. The van der Waals surface area contributed by atoms with Crippen LogP contribution >= 0.6 is 11.6 Å². The number of halogens is 1. The molecule has 5 heteroatoms. The maximum absolute atomic E-state index is 8.71. The highest BCUT2D eigenvalue weighted by molar-refractivity contribution is 6.31. The Morgan fingerprint density at radius 1 is 1.32 bits per heavy atom. The maximum atomic E-state index is 8.71. The van der Waals surface area contributed by atoms with E-state index in [4.69, 9.17) is 21.6 Å². The summed E-state index contributed by atoms with van der Waals surface area (Å²) in [5.41, 5.74) is 2.14. The van der Waals surface area contributed by atoms with Crippen LogP contribution in [0, 0.1) is 18.3 Å². The molecule has 2 rings (SSSR count). The lowest BCUT2D eigenvalue weighted by Crippen LogP contribution is -2.46. The molecule has 1 aliphatic rings. The van der Waals surface area contributed by atoms with Gasteiger partial charge < -0.3 is 9.64 Å². The Bertz CT molecular complexity index is 490. The zero-order valence-corrected chi connectivity index (χ0v) is 12.1. The highest BCUT2D eigenvalue weighted by Gasteiger charge is 2.20. The summed E-state index contributed by atoms with van der Waals surface area (Å²) in [5, 5.41) is 9.44. The molecule has 0 unspecified atom stereocenters. The lowest BCUT2D eigenvalue weighted by molar-refractivity contribution is 0.286. The van der Waals surface area contributed by atoms with Gasteiger partial charge in [0.05, 0.1) is 25.4 Å². The lowest BCUT2D eigenvalue weighted by atomic mass is 10.1. The van der Waals surface area contributed by atoms with Crippen LogP contribution in [-0.4, -0.2) is 44.7 Å². The number of methoxy groups -OCH3 is 1. The molecule has 0 amide bonds. The molecule has 0 atom stereocenters. The average Bonchev–Trinajstić information content (AvgIpc) is 2.43. The quantitative estimate of drug-likeness (QED) is 0.796. The average molecular weight is 280 g/mol. The van der Waals surface area contributed by atoms with Crippen LogP contribution in [0.3, 0.4) is 0 Å². The highest BCUT2D eigenvalue weighted by atomic mass is 35.5. The van der Waals surface area contributed by atoms with E-state index >= 15 is 0 Å². The Labute approximate surface area is 119 Å². The molecule has 19 heavy (non-hydrogen) atoms. The number of benzene rings is 1. The largest absolute Gasteiger partial charge is 0.495 e. The molecule has 0 N–H and O–H groups in total. The number of nitriles is 1. The maximum Gasteiger partial charge on any atom is 0.143 e. The number of hydrogen-bond donors (Lipinski definition) is 0. The van der Waals surface area contributed by atoms with Gasteiger partial charge in [0.2, 0.25) is 0 Å². The summed E-state index contributed by atoms with van der Waals surface area (Å²) < 4.78 is 5.42. The fourth-order valence-electron chi connectivity index (χ4n) is 2.31. The Morgan fingerprint density at radius 3 is 2.58 bits per heavy atom. The topological polar surface area (TPSA) is 39.5 Å². The molecule has 0 radical (unpaired) electrons. The van der Waals surface area contributed by atoms with E-state index in [1.807, 2.05) is 13.0 Å².